The SMILES string of the molecule is COc1ccc(CN[C@H](C)c2ccccc2)cc1-c1ccc2nccn2c1. The number of rotatable bonds is 6. The lowest BCUT2D eigenvalue weighted by atomic mass is 10.0. The van der Waals surface area contributed by atoms with Gasteiger partial charge in [-0.2, -0.15) is 0 Å². The molecule has 4 heteroatoms. The summed E-state index contributed by atoms with van der Waals surface area (Å²) in [5.74, 6) is 0.870. The molecule has 0 fully saturated rings. The van der Waals surface area contributed by atoms with Crippen molar-refractivity contribution in [1.29, 1.82) is 0 Å². The Morgan fingerprint density at radius 1 is 1.07 bits per heavy atom. The van der Waals surface area contributed by atoms with Crippen LogP contribution in [-0.2, 0) is 6.54 Å². The van der Waals surface area contributed by atoms with E-state index in [2.05, 4.69) is 65.9 Å². The zero-order chi connectivity index (χ0) is 18.6. The highest BCUT2D eigenvalue weighted by atomic mass is 16.5. The van der Waals surface area contributed by atoms with Crippen LogP contribution in [0.5, 0.6) is 5.75 Å². The molecular weight excluding hydrogens is 334 g/mol. The van der Waals surface area contributed by atoms with Crippen molar-refractivity contribution in [2.45, 2.75) is 19.5 Å². The van der Waals surface area contributed by atoms with Crippen molar-refractivity contribution in [2.24, 2.45) is 0 Å². The smallest absolute Gasteiger partial charge is 0.136 e. The summed E-state index contributed by atoms with van der Waals surface area (Å²) >= 11 is 0. The van der Waals surface area contributed by atoms with Crippen LogP contribution in [0.15, 0.2) is 79.3 Å². The zero-order valence-corrected chi connectivity index (χ0v) is 15.6. The minimum Gasteiger partial charge on any atom is -0.496 e. The summed E-state index contributed by atoms with van der Waals surface area (Å²) in [6, 6.07) is 21.2. The second-order valence-electron chi connectivity index (χ2n) is 6.66. The Morgan fingerprint density at radius 3 is 2.74 bits per heavy atom. The van der Waals surface area contributed by atoms with E-state index in [0.29, 0.717) is 6.04 Å². The Kier molecular flexibility index (Phi) is 4.90. The summed E-state index contributed by atoms with van der Waals surface area (Å²) in [6.45, 7) is 2.98. The lowest BCUT2D eigenvalue weighted by molar-refractivity contribution is 0.416. The first-order chi connectivity index (χ1) is 13.2. The lowest BCUT2D eigenvalue weighted by Gasteiger charge is -2.16. The van der Waals surface area contributed by atoms with E-state index >= 15 is 0 Å². The predicted octanol–water partition coefficient (Wildman–Crippen LogP) is 4.86. The standard InChI is InChI=1S/C23H23N3O/c1-17(19-6-4-3-5-7-19)25-15-18-8-10-22(27-2)21(14-18)20-9-11-23-24-12-13-26(23)16-20/h3-14,16-17,25H,15H2,1-2H3/t17-/m1/s1. The Hall–Kier alpha value is -3.11. The molecule has 1 atom stereocenters. The molecule has 2 aromatic carbocycles. The molecule has 0 saturated carbocycles. The number of fused-ring (bicyclic) bond motifs is 1. The molecule has 0 amide bonds. The minimum absolute atomic E-state index is 0.291. The van der Waals surface area contributed by atoms with Gasteiger partial charge in [-0.05, 0) is 42.3 Å². The van der Waals surface area contributed by atoms with Crippen molar-refractivity contribution < 1.29 is 4.74 Å². The maximum atomic E-state index is 5.60. The van der Waals surface area contributed by atoms with Crippen LogP contribution in [-0.4, -0.2) is 16.5 Å². The van der Waals surface area contributed by atoms with Crippen LogP contribution in [0.3, 0.4) is 0 Å². The molecule has 4 aromatic rings. The topological polar surface area (TPSA) is 38.6 Å². The summed E-state index contributed by atoms with van der Waals surface area (Å²) in [7, 11) is 1.71. The van der Waals surface area contributed by atoms with Gasteiger partial charge in [0.1, 0.15) is 11.4 Å². The first-order valence-electron chi connectivity index (χ1n) is 9.13. The minimum atomic E-state index is 0.291. The van der Waals surface area contributed by atoms with Gasteiger partial charge in [0.05, 0.1) is 7.11 Å². The van der Waals surface area contributed by atoms with Gasteiger partial charge in [-0.15, -0.1) is 0 Å². The van der Waals surface area contributed by atoms with Crippen molar-refractivity contribution in [3.63, 3.8) is 0 Å². The number of hydrogen-bond donors (Lipinski definition) is 1. The van der Waals surface area contributed by atoms with Crippen LogP contribution < -0.4 is 10.1 Å². The molecule has 0 aliphatic rings. The molecule has 4 rings (SSSR count). The Bertz CT molecular complexity index is 1040. The summed E-state index contributed by atoms with van der Waals surface area (Å²) in [5.41, 5.74) is 5.64. The van der Waals surface area contributed by atoms with Gasteiger partial charge >= 0.3 is 0 Å². The molecule has 0 aliphatic heterocycles. The molecular formula is C23H23N3O. The molecule has 0 spiro atoms. The van der Waals surface area contributed by atoms with Crippen molar-refractivity contribution >= 4 is 5.65 Å². The average molecular weight is 357 g/mol. The van der Waals surface area contributed by atoms with Crippen molar-refractivity contribution in [2.75, 3.05) is 7.11 Å². The fourth-order valence-corrected chi connectivity index (χ4v) is 3.30. The molecule has 0 saturated heterocycles. The number of aromatic nitrogens is 2. The maximum Gasteiger partial charge on any atom is 0.136 e. The van der Waals surface area contributed by atoms with Gasteiger partial charge in [0, 0.05) is 42.3 Å². The van der Waals surface area contributed by atoms with Crippen LogP contribution in [0.4, 0.5) is 0 Å². The first-order valence-corrected chi connectivity index (χ1v) is 9.13. The summed E-state index contributed by atoms with van der Waals surface area (Å²) < 4.78 is 7.62. The van der Waals surface area contributed by atoms with Gasteiger partial charge in [-0.3, -0.25) is 0 Å². The Morgan fingerprint density at radius 2 is 1.93 bits per heavy atom. The number of benzene rings is 2. The van der Waals surface area contributed by atoms with Gasteiger partial charge in [-0.1, -0.05) is 36.4 Å². The largest absolute Gasteiger partial charge is 0.496 e. The second kappa shape index (κ2) is 7.64. The third-order valence-electron chi connectivity index (χ3n) is 4.88. The molecule has 2 heterocycles. The van der Waals surface area contributed by atoms with Gasteiger partial charge < -0.3 is 14.5 Å². The highest BCUT2D eigenvalue weighted by Crippen LogP contribution is 2.31. The van der Waals surface area contributed by atoms with Crippen LogP contribution in [0.2, 0.25) is 0 Å². The van der Waals surface area contributed by atoms with Gasteiger partial charge in [0.15, 0.2) is 0 Å². The maximum absolute atomic E-state index is 5.60. The van der Waals surface area contributed by atoms with Crippen molar-refractivity contribution in [3.8, 4) is 16.9 Å². The van der Waals surface area contributed by atoms with Gasteiger partial charge in [0.25, 0.3) is 0 Å². The Labute approximate surface area is 159 Å². The van der Waals surface area contributed by atoms with E-state index in [-0.39, 0.29) is 0 Å². The van der Waals surface area contributed by atoms with Crippen LogP contribution in [0.25, 0.3) is 16.8 Å². The summed E-state index contributed by atoms with van der Waals surface area (Å²) in [5, 5.41) is 3.60. The van der Waals surface area contributed by atoms with Crippen LogP contribution in [0, 0.1) is 0 Å². The highest BCUT2D eigenvalue weighted by molar-refractivity contribution is 5.71. The molecule has 0 aliphatic carbocycles. The third-order valence-corrected chi connectivity index (χ3v) is 4.88. The number of imidazole rings is 1. The average Bonchev–Trinajstić information content (AvgIpc) is 3.20. The van der Waals surface area contributed by atoms with Crippen LogP contribution in [0.1, 0.15) is 24.1 Å². The molecule has 0 unspecified atom stereocenters. The molecule has 136 valence electrons. The quantitative estimate of drug-likeness (QED) is 0.535. The third kappa shape index (κ3) is 3.71. The molecule has 4 nitrogen and oxygen atoms in total. The van der Waals surface area contributed by atoms with Gasteiger partial charge in [0.2, 0.25) is 0 Å². The van der Waals surface area contributed by atoms with E-state index in [1.54, 1.807) is 7.11 Å². The molecule has 27 heavy (non-hydrogen) atoms. The number of pyridine rings is 1. The normalized spacial score (nSPS) is 12.2. The molecule has 1 N–H and O–H groups in total. The number of nitrogens with one attached hydrogen (secondary N) is 1. The molecule has 0 bridgehead atoms. The Balaban J connectivity index is 1.59. The first kappa shape index (κ1) is 17.3. The fraction of sp³-hybridized carbons (Fsp3) is 0.174. The highest BCUT2D eigenvalue weighted by Gasteiger charge is 2.10. The fourth-order valence-electron chi connectivity index (χ4n) is 3.30. The molecule has 0 radical (unpaired) electrons. The van der Waals surface area contributed by atoms with E-state index in [1.165, 1.54) is 11.1 Å². The summed E-state index contributed by atoms with van der Waals surface area (Å²) in [6.07, 6.45) is 5.85. The van der Waals surface area contributed by atoms with E-state index in [4.69, 9.17) is 4.74 Å². The van der Waals surface area contributed by atoms with E-state index in [1.807, 2.05) is 35.0 Å². The summed E-state index contributed by atoms with van der Waals surface area (Å²) in [4.78, 5) is 4.31. The van der Waals surface area contributed by atoms with Crippen molar-refractivity contribution in [3.05, 3.63) is 90.4 Å². The lowest BCUT2D eigenvalue weighted by Crippen LogP contribution is -2.18. The van der Waals surface area contributed by atoms with E-state index in [0.717, 1.165) is 29.1 Å². The number of methoxy groups -OCH3 is 1. The van der Waals surface area contributed by atoms with E-state index < -0.39 is 0 Å². The second-order valence-corrected chi connectivity index (χ2v) is 6.66. The van der Waals surface area contributed by atoms with Crippen molar-refractivity contribution in [1.82, 2.24) is 14.7 Å². The predicted molar refractivity (Wildman–Crippen MR) is 109 cm³/mol. The van der Waals surface area contributed by atoms with Crippen LogP contribution >= 0.6 is 0 Å². The number of ether oxygens (including phenoxy) is 1. The van der Waals surface area contributed by atoms with E-state index in [9.17, 15) is 0 Å². The number of hydrogen-bond acceptors (Lipinski definition) is 3. The molecule has 2 aromatic heterocycles. The number of nitrogens with zero attached hydrogens (tertiary/aromatic N) is 2. The van der Waals surface area contributed by atoms with Gasteiger partial charge in [-0.25, -0.2) is 4.98 Å². The monoisotopic (exact) mass is 357 g/mol. The zero-order valence-electron chi connectivity index (χ0n) is 15.6.